The fourth-order valence-corrected chi connectivity index (χ4v) is 1.31. The van der Waals surface area contributed by atoms with Gasteiger partial charge in [-0.15, -0.1) is 0 Å². The molecule has 15 heavy (non-hydrogen) atoms. The summed E-state index contributed by atoms with van der Waals surface area (Å²) in [5.74, 6) is -1.11. The van der Waals surface area contributed by atoms with E-state index in [0.717, 1.165) is 0 Å². The molecule has 0 saturated carbocycles. The van der Waals surface area contributed by atoms with Crippen LogP contribution >= 0.6 is 0 Å². The van der Waals surface area contributed by atoms with Crippen LogP contribution in [-0.4, -0.2) is 41.6 Å². The van der Waals surface area contributed by atoms with E-state index in [1.165, 1.54) is 11.8 Å². The van der Waals surface area contributed by atoms with Gasteiger partial charge < -0.3 is 11.5 Å². The zero-order chi connectivity index (χ0) is 12.0. The van der Waals surface area contributed by atoms with Crippen molar-refractivity contribution in [2.45, 2.75) is 26.3 Å². The van der Waals surface area contributed by atoms with E-state index in [-0.39, 0.29) is 31.3 Å². The van der Waals surface area contributed by atoms with Gasteiger partial charge in [-0.1, -0.05) is 0 Å². The van der Waals surface area contributed by atoms with Crippen LogP contribution in [0.4, 0.5) is 0 Å². The van der Waals surface area contributed by atoms with Gasteiger partial charge in [0.15, 0.2) is 0 Å². The fraction of sp³-hybridized carbons (Fsp3) is 0.667. The second-order valence-electron chi connectivity index (χ2n) is 3.59. The van der Waals surface area contributed by atoms with Crippen molar-refractivity contribution >= 4 is 17.6 Å². The number of amides is 2. The molecule has 0 spiro atoms. The first kappa shape index (κ1) is 13.6. The number of carbonyl (C=O) groups excluding carboxylic acids is 3. The summed E-state index contributed by atoms with van der Waals surface area (Å²) in [6.07, 6.45) is 0.264. The van der Waals surface area contributed by atoms with Gasteiger partial charge >= 0.3 is 0 Å². The number of carbonyl (C=O) groups is 3. The first-order valence-electron chi connectivity index (χ1n) is 4.63. The highest BCUT2D eigenvalue weighted by atomic mass is 16.2. The Kier molecular flexibility index (Phi) is 5.54. The van der Waals surface area contributed by atoms with Crippen molar-refractivity contribution in [1.29, 1.82) is 0 Å². The predicted molar refractivity (Wildman–Crippen MR) is 54.7 cm³/mol. The van der Waals surface area contributed by atoms with E-state index in [2.05, 4.69) is 0 Å². The molecule has 1 unspecified atom stereocenters. The summed E-state index contributed by atoms with van der Waals surface area (Å²) in [4.78, 5) is 33.8. The molecule has 1 atom stereocenters. The highest BCUT2D eigenvalue weighted by Crippen LogP contribution is 2.03. The summed E-state index contributed by atoms with van der Waals surface area (Å²) in [5, 5.41) is 0. The van der Waals surface area contributed by atoms with E-state index in [9.17, 15) is 14.4 Å². The molecule has 0 radical (unpaired) electrons. The Bertz CT molecular complexity index is 249. The number of ketones is 1. The van der Waals surface area contributed by atoms with Crippen molar-refractivity contribution in [3.8, 4) is 0 Å². The summed E-state index contributed by atoms with van der Waals surface area (Å²) in [5.41, 5.74) is 10.0. The molecule has 2 amide bonds. The maximum absolute atomic E-state index is 10.9. The smallest absolute Gasteiger partial charge is 0.231 e. The molecule has 0 bridgehead atoms. The summed E-state index contributed by atoms with van der Waals surface area (Å²) >= 11 is 0. The molecule has 0 fully saturated rings. The lowest BCUT2D eigenvalue weighted by Crippen LogP contribution is -2.45. The minimum atomic E-state index is -0.549. The third kappa shape index (κ3) is 6.62. The molecule has 0 aromatic heterocycles. The quantitative estimate of drug-likeness (QED) is 0.546. The first-order valence-corrected chi connectivity index (χ1v) is 4.63. The van der Waals surface area contributed by atoms with E-state index in [1.807, 2.05) is 0 Å². The standard InChI is InChI=1S/C9H17N3O3/c1-6(3-7(2)13)12(4-8(10)14)5-9(11)15/h6H,3-5H2,1-2H3,(H2,10,14)(H2,11,15). The van der Waals surface area contributed by atoms with Gasteiger partial charge in [-0.05, 0) is 13.8 Å². The number of rotatable bonds is 7. The van der Waals surface area contributed by atoms with Crippen molar-refractivity contribution in [2.24, 2.45) is 11.5 Å². The second-order valence-corrected chi connectivity index (χ2v) is 3.59. The third-order valence-electron chi connectivity index (χ3n) is 1.92. The molecule has 0 aliphatic carbocycles. The van der Waals surface area contributed by atoms with Crippen LogP contribution in [0.5, 0.6) is 0 Å². The Labute approximate surface area is 88.6 Å². The molecule has 6 nitrogen and oxygen atoms in total. The molecule has 0 rings (SSSR count). The largest absolute Gasteiger partial charge is 0.369 e. The van der Waals surface area contributed by atoms with Crippen LogP contribution in [0.2, 0.25) is 0 Å². The van der Waals surface area contributed by atoms with Crippen LogP contribution in [-0.2, 0) is 14.4 Å². The Balaban J connectivity index is 4.38. The molecule has 0 saturated heterocycles. The Morgan fingerprint density at radius 3 is 1.80 bits per heavy atom. The summed E-state index contributed by atoms with van der Waals surface area (Å²) in [6, 6.07) is -0.220. The molecule has 4 N–H and O–H groups in total. The second kappa shape index (κ2) is 6.13. The maximum Gasteiger partial charge on any atom is 0.231 e. The van der Waals surface area contributed by atoms with Crippen molar-refractivity contribution in [3.63, 3.8) is 0 Å². The van der Waals surface area contributed by atoms with Gasteiger partial charge in [-0.2, -0.15) is 0 Å². The van der Waals surface area contributed by atoms with E-state index >= 15 is 0 Å². The molecule has 0 aliphatic heterocycles. The van der Waals surface area contributed by atoms with Crippen molar-refractivity contribution in [1.82, 2.24) is 4.90 Å². The zero-order valence-electron chi connectivity index (χ0n) is 9.03. The molecule has 0 heterocycles. The van der Waals surface area contributed by atoms with E-state index < -0.39 is 11.8 Å². The number of Topliss-reactive ketones (excluding diaryl/α,β-unsaturated/α-hetero) is 1. The molecule has 0 aromatic rings. The number of primary amides is 2. The Morgan fingerprint density at radius 1 is 1.13 bits per heavy atom. The van der Waals surface area contributed by atoms with Crippen LogP contribution in [0, 0.1) is 0 Å². The van der Waals surface area contributed by atoms with Gasteiger partial charge in [-0.3, -0.25) is 19.3 Å². The van der Waals surface area contributed by atoms with Crippen LogP contribution in [0.25, 0.3) is 0 Å². The fourth-order valence-electron chi connectivity index (χ4n) is 1.31. The van der Waals surface area contributed by atoms with Crippen LogP contribution in [0.15, 0.2) is 0 Å². The molecular formula is C9H17N3O3. The summed E-state index contributed by atoms with van der Waals surface area (Å²) < 4.78 is 0. The highest BCUT2D eigenvalue weighted by Gasteiger charge is 2.18. The Hall–Kier alpha value is -1.43. The average Bonchev–Trinajstić information content (AvgIpc) is 1.99. The van der Waals surface area contributed by atoms with E-state index in [4.69, 9.17) is 11.5 Å². The molecule has 6 heteroatoms. The van der Waals surface area contributed by atoms with Crippen LogP contribution < -0.4 is 11.5 Å². The minimum absolute atomic E-state index is 0.0126. The third-order valence-corrected chi connectivity index (χ3v) is 1.92. The maximum atomic E-state index is 10.9. The first-order chi connectivity index (χ1) is 6.82. The summed E-state index contributed by atoms with van der Waals surface area (Å²) in [6.45, 7) is 3.05. The number of hydrogen-bond acceptors (Lipinski definition) is 4. The van der Waals surface area contributed by atoms with Crippen molar-refractivity contribution in [2.75, 3.05) is 13.1 Å². The van der Waals surface area contributed by atoms with Gasteiger partial charge in [-0.25, -0.2) is 0 Å². The summed E-state index contributed by atoms with van der Waals surface area (Å²) in [7, 11) is 0. The zero-order valence-corrected chi connectivity index (χ0v) is 9.03. The van der Waals surface area contributed by atoms with Crippen molar-refractivity contribution in [3.05, 3.63) is 0 Å². The Morgan fingerprint density at radius 2 is 1.53 bits per heavy atom. The lowest BCUT2D eigenvalue weighted by atomic mass is 10.1. The van der Waals surface area contributed by atoms with Crippen LogP contribution in [0.3, 0.4) is 0 Å². The topological polar surface area (TPSA) is 106 Å². The lowest BCUT2D eigenvalue weighted by molar-refractivity contribution is -0.125. The van der Waals surface area contributed by atoms with E-state index in [1.54, 1.807) is 6.92 Å². The molecule has 0 aromatic carbocycles. The van der Waals surface area contributed by atoms with Crippen molar-refractivity contribution < 1.29 is 14.4 Å². The van der Waals surface area contributed by atoms with Gasteiger partial charge in [0.2, 0.25) is 11.8 Å². The SMILES string of the molecule is CC(=O)CC(C)N(CC(N)=O)CC(N)=O. The number of nitrogens with zero attached hydrogens (tertiary/aromatic N) is 1. The molecule has 86 valence electrons. The highest BCUT2D eigenvalue weighted by molar-refractivity contribution is 5.80. The van der Waals surface area contributed by atoms with E-state index in [0.29, 0.717) is 0 Å². The minimum Gasteiger partial charge on any atom is -0.369 e. The van der Waals surface area contributed by atoms with Gasteiger partial charge in [0.25, 0.3) is 0 Å². The molecular weight excluding hydrogens is 198 g/mol. The average molecular weight is 215 g/mol. The number of nitrogens with two attached hydrogens (primary N) is 2. The normalized spacial score (nSPS) is 12.5. The molecule has 0 aliphatic rings. The van der Waals surface area contributed by atoms with Gasteiger partial charge in [0.1, 0.15) is 5.78 Å². The van der Waals surface area contributed by atoms with Gasteiger partial charge in [0, 0.05) is 12.5 Å². The van der Waals surface area contributed by atoms with Gasteiger partial charge in [0.05, 0.1) is 13.1 Å². The number of hydrogen-bond donors (Lipinski definition) is 2. The lowest BCUT2D eigenvalue weighted by Gasteiger charge is -2.25. The predicted octanol–water partition coefficient (Wildman–Crippen LogP) is -1.37. The van der Waals surface area contributed by atoms with Crippen LogP contribution in [0.1, 0.15) is 20.3 Å². The monoisotopic (exact) mass is 215 g/mol.